The summed E-state index contributed by atoms with van der Waals surface area (Å²) in [5, 5.41) is 4.31. The van der Waals surface area contributed by atoms with Gasteiger partial charge in [-0.2, -0.15) is 5.10 Å². The van der Waals surface area contributed by atoms with Crippen LogP contribution in [0.4, 0.5) is 0 Å². The van der Waals surface area contributed by atoms with E-state index in [4.69, 9.17) is 0 Å². The van der Waals surface area contributed by atoms with Crippen molar-refractivity contribution in [1.29, 1.82) is 0 Å². The van der Waals surface area contributed by atoms with Crippen LogP contribution in [0.25, 0.3) is 6.08 Å². The number of carbonyl (C=O) groups excluding carboxylic acids is 1. The zero-order valence-electron chi connectivity index (χ0n) is 15.4. The fourth-order valence-electron chi connectivity index (χ4n) is 4.72. The number of hydrazone groups is 1. The Balaban J connectivity index is 1.51. The molecule has 5 nitrogen and oxygen atoms in total. The minimum Gasteiger partial charge on any atom is -0.358 e. The lowest BCUT2D eigenvalue weighted by Crippen LogP contribution is -2.29. The largest absolute Gasteiger partial charge is 0.358 e. The summed E-state index contributed by atoms with van der Waals surface area (Å²) in [6, 6.07) is 0. The maximum atomic E-state index is 12.3. The molecule has 1 saturated carbocycles. The zero-order chi connectivity index (χ0) is 17.5. The van der Waals surface area contributed by atoms with E-state index < -0.39 is 0 Å². The molecular weight excluding hydrogens is 324 g/mol. The SMILES string of the molecule is O=C1NN=C(C2CC2)/C1=C\c1[nH]c2c(c1CN1CCCCC1)CCCC2. The van der Waals surface area contributed by atoms with Gasteiger partial charge in [-0.15, -0.1) is 0 Å². The van der Waals surface area contributed by atoms with Crippen LogP contribution in [-0.2, 0) is 24.2 Å². The van der Waals surface area contributed by atoms with Crippen LogP contribution in [0.2, 0.25) is 0 Å². The number of hydrogen-bond acceptors (Lipinski definition) is 3. The van der Waals surface area contributed by atoms with Crippen LogP contribution in [-0.4, -0.2) is 34.6 Å². The van der Waals surface area contributed by atoms with E-state index in [1.165, 1.54) is 68.4 Å². The first-order valence-corrected chi connectivity index (χ1v) is 10.3. The monoisotopic (exact) mass is 352 g/mol. The van der Waals surface area contributed by atoms with Gasteiger partial charge in [-0.3, -0.25) is 9.69 Å². The summed E-state index contributed by atoms with van der Waals surface area (Å²) in [6.07, 6.45) is 13.3. The maximum absolute atomic E-state index is 12.3. The van der Waals surface area contributed by atoms with Crippen molar-refractivity contribution in [3.8, 4) is 0 Å². The van der Waals surface area contributed by atoms with Gasteiger partial charge in [0.15, 0.2) is 0 Å². The minimum absolute atomic E-state index is 0.0385. The molecule has 0 radical (unpaired) electrons. The first kappa shape index (κ1) is 16.3. The van der Waals surface area contributed by atoms with Gasteiger partial charge in [0, 0.05) is 23.9 Å². The molecule has 138 valence electrons. The van der Waals surface area contributed by atoms with Crippen molar-refractivity contribution in [1.82, 2.24) is 15.3 Å². The molecule has 0 unspecified atom stereocenters. The summed E-state index contributed by atoms with van der Waals surface area (Å²) in [6.45, 7) is 3.42. The lowest BCUT2D eigenvalue weighted by molar-refractivity contribution is -0.116. The molecule has 2 aliphatic heterocycles. The summed E-state index contributed by atoms with van der Waals surface area (Å²) in [4.78, 5) is 18.6. The van der Waals surface area contributed by atoms with Gasteiger partial charge in [0.05, 0.1) is 11.3 Å². The third-order valence-electron chi connectivity index (χ3n) is 6.32. The Labute approximate surface area is 154 Å². The molecule has 0 atom stereocenters. The van der Waals surface area contributed by atoms with E-state index >= 15 is 0 Å². The van der Waals surface area contributed by atoms with E-state index in [1.54, 1.807) is 0 Å². The van der Waals surface area contributed by atoms with Crippen molar-refractivity contribution in [2.45, 2.75) is 64.3 Å². The molecule has 3 heterocycles. The molecule has 1 aromatic rings. The van der Waals surface area contributed by atoms with E-state index in [-0.39, 0.29) is 5.91 Å². The van der Waals surface area contributed by atoms with E-state index in [0.717, 1.165) is 42.8 Å². The van der Waals surface area contributed by atoms with Gasteiger partial charge >= 0.3 is 0 Å². The smallest absolute Gasteiger partial charge is 0.273 e. The number of aromatic nitrogens is 1. The number of nitrogens with zero attached hydrogens (tertiary/aromatic N) is 2. The van der Waals surface area contributed by atoms with Crippen LogP contribution in [0.15, 0.2) is 10.7 Å². The number of piperidine rings is 1. The van der Waals surface area contributed by atoms with Crippen LogP contribution < -0.4 is 5.43 Å². The van der Waals surface area contributed by atoms with Crippen molar-refractivity contribution in [2.75, 3.05) is 13.1 Å². The third-order valence-corrected chi connectivity index (χ3v) is 6.32. The molecular formula is C21H28N4O. The highest BCUT2D eigenvalue weighted by molar-refractivity contribution is 6.28. The van der Waals surface area contributed by atoms with Crippen molar-refractivity contribution in [3.63, 3.8) is 0 Å². The fourth-order valence-corrected chi connectivity index (χ4v) is 4.72. The van der Waals surface area contributed by atoms with Crippen LogP contribution in [0, 0.1) is 5.92 Å². The first-order valence-electron chi connectivity index (χ1n) is 10.3. The average molecular weight is 352 g/mol. The van der Waals surface area contributed by atoms with Gasteiger partial charge in [0.25, 0.3) is 5.91 Å². The minimum atomic E-state index is -0.0385. The highest BCUT2D eigenvalue weighted by atomic mass is 16.2. The Morgan fingerprint density at radius 2 is 1.88 bits per heavy atom. The third kappa shape index (κ3) is 3.02. The van der Waals surface area contributed by atoms with E-state index in [2.05, 4.69) is 26.5 Å². The fraction of sp³-hybridized carbons (Fsp3) is 0.619. The average Bonchev–Trinajstić information content (AvgIpc) is 3.37. The van der Waals surface area contributed by atoms with Crippen LogP contribution in [0.5, 0.6) is 0 Å². The van der Waals surface area contributed by atoms with Crippen LogP contribution in [0.3, 0.4) is 0 Å². The molecule has 0 aromatic carbocycles. The van der Waals surface area contributed by atoms with Gasteiger partial charge in [0.1, 0.15) is 0 Å². The summed E-state index contributed by atoms with van der Waals surface area (Å²) in [5.41, 5.74) is 9.96. The lowest BCUT2D eigenvalue weighted by Gasteiger charge is -2.27. The van der Waals surface area contributed by atoms with Crippen LogP contribution in [0.1, 0.15) is 67.5 Å². The van der Waals surface area contributed by atoms with Gasteiger partial charge < -0.3 is 4.98 Å². The standard InChI is InChI=1S/C21H28N4O/c26-21-16(20(23-24-21)14-8-9-14)12-19-17(13-25-10-4-1-5-11-25)15-6-2-3-7-18(15)22-19/h12,14,22H,1-11,13H2,(H,24,26)/b16-12+. The molecule has 0 bridgehead atoms. The number of aryl methyl sites for hydroxylation is 1. The molecule has 1 saturated heterocycles. The van der Waals surface area contributed by atoms with Crippen molar-refractivity contribution < 1.29 is 4.79 Å². The summed E-state index contributed by atoms with van der Waals surface area (Å²) < 4.78 is 0. The second-order valence-corrected chi connectivity index (χ2v) is 8.29. The van der Waals surface area contributed by atoms with Crippen LogP contribution >= 0.6 is 0 Å². The zero-order valence-corrected chi connectivity index (χ0v) is 15.4. The Morgan fingerprint density at radius 3 is 2.69 bits per heavy atom. The van der Waals surface area contributed by atoms with Crippen molar-refractivity contribution in [2.24, 2.45) is 11.0 Å². The number of rotatable bonds is 4. The second-order valence-electron chi connectivity index (χ2n) is 8.29. The first-order chi connectivity index (χ1) is 12.8. The van der Waals surface area contributed by atoms with Gasteiger partial charge in [0.2, 0.25) is 0 Å². The Hall–Kier alpha value is -1.88. The molecule has 0 spiro atoms. The molecule has 26 heavy (non-hydrogen) atoms. The Kier molecular flexibility index (Phi) is 4.20. The predicted octanol–water partition coefficient (Wildman–Crippen LogP) is 3.16. The summed E-state index contributed by atoms with van der Waals surface area (Å²) in [5.74, 6) is 0.443. The molecule has 1 aromatic heterocycles. The highest BCUT2D eigenvalue weighted by Crippen LogP contribution is 2.36. The molecule has 2 N–H and O–H groups in total. The highest BCUT2D eigenvalue weighted by Gasteiger charge is 2.36. The summed E-state index contributed by atoms with van der Waals surface area (Å²) in [7, 11) is 0. The number of hydrogen-bond donors (Lipinski definition) is 2. The quantitative estimate of drug-likeness (QED) is 0.818. The number of carbonyl (C=O) groups is 1. The number of aromatic amines is 1. The summed E-state index contributed by atoms with van der Waals surface area (Å²) >= 11 is 0. The number of likely N-dealkylation sites (tertiary alicyclic amines) is 1. The number of amides is 1. The van der Waals surface area contributed by atoms with Gasteiger partial charge in [-0.1, -0.05) is 6.42 Å². The predicted molar refractivity (Wildman–Crippen MR) is 103 cm³/mol. The normalized spacial score (nSPS) is 25.3. The van der Waals surface area contributed by atoms with Gasteiger partial charge in [-0.05, 0) is 81.7 Å². The van der Waals surface area contributed by atoms with Crippen molar-refractivity contribution in [3.05, 3.63) is 28.1 Å². The Bertz CT molecular complexity index is 778. The van der Waals surface area contributed by atoms with E-state index in [0.29, 0.717) is 5.92 Å². The molecule has 5 rings (SSSR count). The molecule has 5 heteroatoms. The van der Waals surface area contributed by atoms with Gasteiger partial charge in [-0.25, -0.2) is 5.43 Å². The van der Waals surface area contributed by atoms with E-state index in [1.807, 2.05) is 0 Å². The molecule has 1 amide bonds. The molecule has 2 aliphatic carbocycles. The molecule has 2 fully saturated rings. The topological polar surface area (TPSA) is 60.5 Å². The number of nitrogens with one attached hydrogen (secondary N) is 2. The lowest BCUT2D eigenvalue weighted by atomic mass is 9.93. The van der Waals surface area contributed by atoms with E-state index in [9.17, 15) is 4.79 Å². The van der Waals surface area contributed by atoms with Crippen molar-refractivity contribution >= 4 is 17.7 Å². The Morgan fingerprint density at radius 1 is 1.08 bits per heavy atom. The second kappa shape index (κ2) is 6.69. The number of H-pyrrole nitrogens is 1. The maximum Gasteiger partial charge on any atom is 0.273 e. The molecule has 4 aliphatic rings. The number of fused-ring (bicyclic) bond motifs is 1.